The number of esters is 2. The second-order valence-corrected chi connectivity index (χ2v) is 7.60. The quantitative estimate of drug-likeness (QED) is 0.636. The van der Waals surface area contributed by atoms with Gasteiger partial charge in [0.15, 0.2) is 0 Å². The normalized spacial score (nSPS) is 16.1. The van der Waals surface area contributed by atoms with Crippen molar-refractivity contribution in [1.29, 1.82) is 0 Å². The molecule has 0 saturated carbocycles. The van der Waals surface area contributed by atoms with Crippen LogP contribution in [0.4, 0.5) is 5.69 Å². The van der Waals surface area contributed by atoms with E-state index in [1.807, 2.05) is 53.4 Å². The van der Waals surface area contributed by atoms with E-state index in [1.165, 1.54) is 0 Å². The highest BCUT2D eigenvalue weighted by molar-refractivity contribution is 5.97. The summed E-state index contributed by atoms with van der Waals surface area (Å²) in [5.41, 5.74) is 3.24. The first kappa shape index (κ1) is 20.9. The minimum Gasteiger partial charge on any atom is -0.464 e. The summed E-state index contributed by atoms with van der Waals surface area (Å²) >= 11 is 0. The van der Waals surface area contributed by atoms with Crippen LogP contribution in [0.2, 0.25) is 0 Å². The van der Waals surface area contributed by atoms with Crippen molar-refractivity contribution in [3.8, 4) is 0 Å². The van der Waals surface area contributed by atoms with Crippen molar-refractivity contribution in [3.05, 3.63) is 65.2 Å². The number of hydrogen-bond donors (Lipinski definition) is 0. The first-order valence-electron chi connectivity index (χ1n) is 10.3. The van der Waals surface area contributed by atoms with Crippen LogP contribution in [0.1, 0.15) is 61.0 Å². The zero-order valence-corrected chi connectivity index (χ0v) is 17.4. The van der Waals surface area contributed by atoms with Crippen molar-refractivity contribution in [1.82, 2.24) is 0 Å². The van der Waals surface area contributed by atoms with E-state index in [0.717, 1.165) is 29.7 Å². The summed E-state index contributed by atoms with van der Waals surface area (Å²) < 4.78 is 10.9. The smallest absolute Gasteiger partial charge is 0.340 e. The topological polar surface area (TPSA) is 55.8 Å². The van der Waals surface area contributed by atoms with Crippen molar-refractivity contribution in [2.24, 2.45) is 0 Å². The van der Waals surface area contributed by atoms with Crippen LogP contribution in [0.3, 0.4) is 0 Å². The van der Waals surface area contributed by atoms with E-state index in [1.54, 1.807) is 6.92 Å². The van der Waals surface area contributed by atoms with E-state index in [2.05, 4.69) is 13.8 Å². The number of carbonyl (C=O) groups is 2. The predicted octanol–water partition coefficient (Wildman–Crippen LogP) is 4.70. The average Bonchev–Trinajstić information content (AvgIpc) is 3.22. The monoisotopic (exact) mass is 395 g/mol. The molecule has 1 heterocycles. The number of benzene rings is 2. The van der Waals surface area contributed by atoms with Crippen LogP contribution in [0.25, 0.3) is 0 Å². The third-order valence-corrected chi connectivity index (χ3v) is 5.24. The maximum atomic E-state index is 13.0. The molecule has 1 saturated heterocycles. The van der Waals surface area contributed by atoms with E-state index < -0.39 is 0 Å². The van der Waals surface area contributed by atoms with Crippen LogP contribution in [0.5, 0.6) is 0 Å². The van der Waals surface area contributed by atoms with Gasteiger partial charge in [-0.1, -0.05) is 50.2 Å². The number of rotatable bonds is 7. The molecular weight excluding hydrogens is 366 g/mol. The van der Waals surface area contributed by atoms with Crippen LogP contribution in [0, 0.1) is 0 Å². The Bertz CT molecular complexity index is 847. The molecule has 0 spiro atoms. The van der Waals surface area contributed by atoms with Crippen LogP contribution in [-0.4, -0.2) is 31.1 Å². The molecule has 1 atom stereocenters. The first-order valence-corrected chi connectivity index (χ1v) is 10.3. The van der Waals surface area contributed by atoms with Crippen molar-refractivity contribution in [3.63, 3.8) is 0 Å². The van der Waals surface area contributed by atoms with Crippen molar-refractivity contribution >= 4 is 17.6 Å². The standard InChI is InChI=1S/C24H29NO4/c1-4-28-24(27)22-11-8-14-25(22)21-13-12-19(17(2)3)15-20(21)23(26)29-16-18-9-6-5-7-10-18/h5-7,9-10,12-13,15,17,22H,4,8,11,14,16H2,1-3H3/t22-/m0/s1. The van der Waals surface area contributed by atoms with Gasteiger partial charge in [0, 0.05) is 6.54 Å². The highest BCUT2D eigenvalue weighted by atomic mass is 16.5. The fourth-order valence-electron chi connectivity index (χ4n) is 3.67. The number of carbonyl (C=O) groups excluding carboxylic acids is 2. The SMILES string of the molecule is CCOC(=O)[C@@H]1CCCN1c1ccc(C(C)C)cc1C(=O)OCc1ccccc1. The summed E-state index contributed by atoms with van der Waals surface area (Å²) in [5, 5.41) is 0. The van der Waals surface area contributed by atoms with Gasteiger partial charge in [-0.2, -0.15) is 0 Å². The molecule has 0 bridgehead atoms. The third-order valence-electron chi connectivity index (χ3n) is 5.24. The van der Waals surface area contributed by atoms with Gasteiger partial charge in [-0.05, 0) is 48.9 Å². The molecule has 1 fully saturated rings. The van der Waals surface area contributed by atoms with Crippen LogP contribution >= 0.6 is 0 Å². The second kappa shape index (κ2) is 9.59. The Morgan fingerprint density at radius 1 is 1.10 bits per heavy atom. The van der Waals surface area contributed by atoms with Gasteiger partial charge in [-0.15, -0.1) is 0 Å². The predicted molar refractivity (Wildman–Crippen MR) is 113 cm³/mol. The van der Waals surface area contributed by atoms with Gasteiger partial charge in [0.1, 0.15) is 12.6 Å². The lowest BCUT2D eigenvalue weighted by atomic mass is 9.99. The molecule has 154 valence electrons. The van der Waals surface area contributed by atoms with Gasteiger partial charge in [-0.3, -0.25) is 0 Å². The fraction of sp³-hybridized carbons (Fsp3) is 0.417. The second-order valence-electron chi connectivity index (χ2n) is 7.60. The Kier molecular flexibility index (Phi) is 6.91. The maximum absolute atomic E-state index is 13.0. The summed E-state index contributed by atoms with van der Waals surface area (Å²) in [6.45, 7) is 7.26. The van der Waals surface area contributed by atoms with Crippen molar-refractivity contribution < 1.29 is 19.1 Å². The molecule has 0 unspecified atom stereocenters. The Hall–Kier alpha value is -2.82. The molecule has 2 aromatic rings. The Balaban J connectivity index is 1.88. The zero-order chi connectivity index (χ0) is 20.8. The fourth-order valence-corrected chi connectivity index (χ4v) is 3.67. The van der Waals surface area contributed by atoms with Crippen LogP contribution in [0.15, 0.2) is 48.5 Å². The summed E-state index contributed by atoms with van der Waals surface area (Å²) in [6, 6.07) is 15.1. The summed E-state index contributed by atoms with van der Waals surface area (Å²) in [5.74, 6) is -0.327. The van der Waals surface area contributed by atoms with Crippen molar-refractivity contribution in [2.75, 3.05) is 18.1 Å². The lowest BCUT2D eigenvalue weighted by Gasteiger charge is -2.27. The van der Waals surface area contributed by atoms with E-state index in [4.69, 9.17) is 9.47 Å². The molecular formula is C24H29NO4. The van der Waals surface area contributed by atoms with Gasteiger partial charge < -0.3 is 14.4 Å². The molecule has 0 N–H and O–H groups in total. The van der Waals surface area contributed by atoms with E-state index >= 15 is 0 Å². The van der Waals surface area contributed by atoms with Crippen molar-refractivity contribution in [2.45, 2.75) is 52.2 Å². The van der Waals surface area contributed by atoms with Gasteiger partial charge in [0.2, 0.25) is 0 Å². The number of hydrogen-bond acceptors (Lipinski definition) is 5. The Labute approximate surface area is 172 Å². The van der Waals surface area contributed by atoms with Crippen LogP contribution < -0.4 is 4.90 Å². The number of nitrogens with zero attached hydrogens (tertiary/aromatic N) is 1. The molecule has 0 aliphatic carbocycles. The van der Waals surface area contributed by atoms with Crippen LogP contribution in [-0.2, 0) is 20.9 Å². The summed E-state index contributed by atoms with van der Waals surface area (Å²) in [4.78, 5) is 27.4. The van der Waals surface area contributed by atoms with Gasteiger partial charge in [0.25, 0.3) is 0 Å². The highest BCUT2D eigenvalue weighted by Gasteiger charge is 2.34. The lowest BCUT2D eigenvalue weighted by Crippen LogP contribution is -2.38. The summed E-state index contributed by atoms with van der Waals surface area (Å²) in [6.07, 6.45) is 1.61. The average molecular weight is 395 g/mol. The molecule has 5 nitrogen and oxygen atoms in total. The molecule has 0 aromatic heterocycles. The Morgan fingerprint density at radius 3 is 2.55 bits per heavy atom. The molecule has 0 radical (unpaired) electrons. The Morgan fingerprint density at radius 2 is 1.86 bits per heavy atom. The van der Waals surface area contributed by atoms with Gasteiger partial charge in [-0.25, -0.2) is 9.59 Å². The summed E-state index contributed by atoms with van der Waals surface area (Å²) in [7, 11) is 0. The number of anilines is 1. The lowest BCUT2D eigenvalue weighted by molar-refractivity contribution is -0.144. The molecule has 5 heteroatoms. The first-order chi connectivity index (χ1) is 14.0. The van der Waals surface area contributed by atoms with E-state index in [9.17, 15) is 9.59 Å². The largest absolute Gasteiger partial charge is 0.464 e. The molecule has 1 aliphatic heterocycles. The highest BCUT2D eigenvalue weighted by Crippen LogP contribution is 2.32. The van der Waals surface area contributed by atoms with Gasteiger partial charge in [0.05, 0.1) is 17.9 Å². The number of ether oxygens (including phenoxy) is 2. The molecule has 0 amide bonds. The third kappa shape index (κ3) is 4.97. The molecule has 29 heavy (non-hydrogen) atoms. The molecule has 1 aliphatic rings. The zero-order valence-electron chi connectivity index (χ0n) is 17.4. The molecule has 3 rings (SSSR count). The van der Waals surface area contributed by atoms with E-state index in [-0.39, 0.29) is 30.5 Å². The maximum Gasteiger partial charge on any atom is 0.340 e. The van der Waals surface area contributed by atoms with E-state index in [0.29, 0.717) is 18.7 Å². The van der Waals surface area contributed by atoms with Gasteiger partial charge >= 0.3 is 11.9 Å². The minimum absolute atomic E-state index is 0.215. The minimum atomic E-state index is -0.374. The molecule has 2 aromatic carbocycles.